The molecule has 0 aliphatic heterocycles. The number of rotatable bonds is 3. The minimum Gasteiger partial charge on any atom is -0.497 e. The van der Waals surface area contributed by atoms with Gasteiger partial charge in [0.2, 0.25) is 0 Å². The lowest BCUT2D eigenvalue weighted by atomic mass is 10.0. The first-order chi connectivity index (χ1) is 9.43. The van der Waals surface area contributed by atoms with Gasteiger partial charge in [0.1, 0.15) is 11.6 Å². The molecule has 106 valence electrons. The molecule has 0 bridgehead atoms. The van der Waals surface area contributed by atoms with Crippen LogP contribution >= 0.6 is 23.2 Å². The Balaban J connectivity index is 2.46. The molecule has 2 aromatic carbocycles. The van der Waals surface area contributed by atoms with Crippen molar-refractivity contribution in [3.63, 3.8) is 0 Å². The molecule has 2 rings (SSSR count). The van der Waals surface area contributed by atoms with E-state index in [1.165, 1.54) is 19.2 Å². The number of benzene rings is 2. The fraction of sp³-hybridized carbons (Fsp3) is 0.143. The maximum absolute atomic E-state index is 13.9. The summed E-state index contributed by atoms with van der Waals surface area (Å²) in [4.78, 5) is 0. The summed E-state index contributed by atoms with van der Waals surface area (Å²) in [6, 6.07) is 5.74. The monoisotopic (exact) mass is 320 g/mol. The molecule has 0 fully saturated rings. The normalized spacial score (nSPS) is 12.3. The van der Waals surface area contributed by atoms with Gasteiger partial charge in [0.25, 0.3) is 0 Å². The second kappa shape index (κ2) is 5.94. The van der Waals surface area contributed by atoms with Crippen LogP contribution in [0.15, 0.2) is 30.3 Å². The van der Waals surface area contributed by atoms with Gasteiger partial charge in [-0.2, -0.15) is 0 Å². The average Bonchev–Trinajstić information content (AvgIpc) is 2.42. The molecule has 1 atom stereocenters. The smallest absolute Gasteiger partial charge is 0.160 e. The van der Waals surface area contributed by atoms with Crippen LogP contribution < -0.4 is 4.74 Å². The standard InChI is InChI=1S/C14H9Cl2F3O/c1-20-7-2-3-8(11(17)4-7)14(16)9-5-12(18)13(19)6-10(9)15/h2-6,14H,1H3. The lowest BCUT2D eigenvalue weighted by Crippen LogP contribution is -2.00. The summed E-state index contributed by atoms with van der Waals surface area (Å²) in [5.41, 5.74) is 0.191. The number of halogens is 5. The summed E-state index contributed by atoms with van der Waals surface area (Å²) in [6.45, 7) is 0. The van der Waals surface area contributed by atoms with Gasteiger partial charge in [0.05, 0.1) is 12.5 Å². The molecule has 0 saturated heterocycles. The molecule has 0 aromatic heterocycles. The van der Waals surface area contributed by atoms with Gasteiger partial charge in [-0.05, 0) is 23.8 Å². The molecule has 0 heterocycles. The molecule has 20 heavy (non-hydrogen) atoms. The molecule has 2 aromatic rings. The van der Waals surface area contributed by atoms with Crippen molar-refractivity contribution in [2.75, 3.05) is 7.11 Å². The zero-order valence-corrected chi connectivity index (χ0v) is 11.8. The van der Waals surface area contributed by atoms with Crippen molar-refractivity contribution in [3.05, 3.63) is 63.9 Å². The number of hydrogen-bond donors (Lipinski definition) is 0. The van der Waals surface area contributed by atoms with Gasteiger partial charge in [0.15, 0.2) is 11.6 Å². The van der Waals surface area contributed by atoms with Crippen LogP contribution in [0.25, 0.3) is 0 Å². The van der Waals surface area contributed by atoms with Gasteiger partial charge in [-0.25, -0.2) is 13.2 Å². The molecular weight excluding hydrogens is 312 g/mol. The van der Waals surface area contributed by atoms with Crippen LogP contribution in [0, 0.1) is 17.5 Å². The van der Waals surface area contributed by atoms with Crippen molar-refractivity contribution in [2.45, 2.75) is 5.38 Å². The minimum atomic E-state index is -1.09. The van der Waals surface area contributed by atoms with Crippen molar-refractivity contribution in [3.8, 4) is 5.75 Å². The van der Waals surface area contributed by atoms with Gasteiger partial charge in [-0.15, -0.1) is 11.6 Å². The highest BCUT2D eigenvalue weighted by Gasteiger charge is 2.20. The maximum Gasteiger partial charge on any atom is 0.160 e. The Bertz CT molecular complexity index is 647. The van der Waals surface area contributed by atoms with Crippen LogP contribution in [0.1, 0.15) is 16.5 Å². The van der Waals surface area contributed by atoms with E-state index < -0.39 is 22.8 Å². The van der Waals surface area contributed by atoms with Gasteiger partial charge in [-0.1, -0.05) is 17.7 Å². The molecule has 0 N–H and O–H groups in total. The third-order valence-electron chi connectivity index (χ3n) is 2.79. The fourth-order valence-electron chi connectivity index (χ4n) is 1.74. The first kappa shape index (κ1) is 15.0. The molecule has 0 radical (unpaired) electrons. The minimum absolute atomic E-state index is 0.0703. The molecule has 0 spiro atoms. The van der Waals surface area contributed by atoms with Crippen LogP contribution in [0.4, 0.5) is 13.2 Å². The molecule has 1 nitrogen and oxygen atoms in total. The van der Waals surface area contributed by atoms with E-state index in [9.17, 15) is 13.2 Å². The first-order valence-electron chi connectivity index (χ1n) is 5.56. The molecule has 6 heteroatoms. The van der Waals surface area contributed by atoms with Gasteiger partial charge < -0.3 is 4.74 Å². The van der Waals surface area contributed by atoms with Crippen LogP contribution in [0.3, 0.4) is 0 Å². The topological polar surface area (TPSA) is 9.23 Å². The Labute approximate surface area is 123 Å². The Hall–Kier alpha value is -1.39. The van der Waals surface area contributed by atoms with E-state index in [0.717, 1.165) is 18.2 Å². The summed E-state index contributed by atoms with van der Waals surface area (Å²) in [5.74, 6) is -2.47. The predicted molar refractivity (Wildman–Crippen MR) is 72.0 cm³/mol. The number of ether oxygens (including phenoxy) is 1. The molecule has 0 saturated carbocycles. The molecular formula is C14H9Cl2F3O. The van der Waals surface area contributed by atoms with Crippen molar-refractivity contribution in [2.24, 2.45) is 0 Å². The zero-order valence-electron chi connectivity index (χ0n) is 10.3. The van der Waals surface area contributed by atoms with Gasteiger partial charge >= 0.3 is 0 Å². The molecule has 0 amide bonds. The molecule has 1 unspecified atom stereocenters. The third-order valence-corrected chi connectivity index (χ3v) is 3.59. The SMILES string of the molecule is COc1ccc(C(Cl)c2cc(F)c(F)cc2Cl)c(F)c1. The van der Waals surface area contributed by atoms with Crippen molar-refractivity contribution in [1.29, 1.82) is 0 Å². The van der Waals surface area contributed by atoms with Crippen molar-refractivity contribution in [1.82, 2.24) is 0 Å². The van der Waals surface area contributed by atoms with E-state index in [4.69, 9.17) is 27.9 Å². The quantitative estimate of drug-likeness (QED) is 0.565. The van der Waals surface area contributed by atoms with E-state index in [1.54, 1.807) is 0 Å². The second-order valence-corrected chi connectivity index (χ2v) is 4.88. The lowest BCUT2D eigenvalue weighted by Gasteiger charge is -2.14. The summed E-state index contributed by atoms with van der Waals surface area (Å²) in [6.07, 6.45) is 0. The Morgan fingerprint density at radius 1 is 0.950 bits per heavy atom. The molecule has 0 aliphatic rings. The van der Waals surface area contributed by atoms with E-state index in [1.807, 2.05) is 0 Å². The largest absolute Gasteiger partial charge is 0.497 e. The van der Waals surface area contributed by atoms with Crippen molar-refractivity contribution >= 4 is 23.2 Å². The fourth-order valence-corrected chi connectivity index (χ4v) is 2.41. The van der Waals surface area contributed by atoms with E-state index >= 15 is 0 Å². The highest BCUT2D eigenvalue weighted by Crippen LogP contribution is 2.36. The van der Waals surface area contributed by atoms with Gasteiger partial charge in [-0.3, -0.25) is 0 Å². The molecule has 0 aliphatic carbocycles. The highest BCUT2D eigenvalue weighted by molar-refractivity contribution is 6.33. The van der Waals surface area contributed by atoms with Crippen molar-refractivity contribution < 1.29 is 17.9 Å². The number of methoxy groups -OCH3 is 1. The maximum atomic E-state index is 13.9. The number of hydrogen-bond acceptors (Lipinski definition) is 1. The summed E-state index contributed by atoms with van der Waals surface area (Å²) >= 11 is 11.9. The Kier molecular flexibility index (Phi) is 4.45. The van der Waals surface area contributed by atoms with Crippen LogP contribution in [0.5, 0.6) is 5.75 Å². The average molecular weight is 321 g/mol. The summed E-state index contributed by atoms with van der Waals surface area (Å²) in [5, 5.41) is -1.11. The first-order valence-corrected chi connectivity index (χ1v) is 6.37. The predicted octanol–water partition coefficient (Wildman–Crippen LogP) is 5.09. The Morgan fingerprint density at radius 3 is 2.20 bits per heavy atom. The lowest BCUT2D eigenvalue weighted by molar-refractivity contribution is 0.410. The highest BCUT2D eigenvalue weighted by atomic mass is 35.5. The summed E-state index contributed by atoms with van der Waals surface area (Å²) < 4.78 is 45.0. The summed E-state index contributed by atoms with van der Waals surface area (Å²) in [7, 11) is 1.40. The number of alkyl halides is 1. The van der Waals surface area contributed by atoms with Crippen LogP contribution in [-0.2, 0) is 0 Å². The van der Waals surface area contributed by atoms with E-state index in [-0.39, 0.29) is 16.1 Å². The van der Waals surface area contributed by atoms with E-state index in [0.29, 0.717) is 5.75 Å². The van der Waals surface area contributed by atoms with Crippen LogP contribution in [0.2, 0.25) is 5.02 Å². The third kappa shape index (κ3) is 2.86. The second-order valence-electron chi connectivity index (χ2n) is 4.04. The van der Waals surface area contributed by atoms with E-state index in [2.05, 4.69) is 0 Å². The zero-order chi connectivity index (χ0) is 14.9. The Morgan fingerprint density at radius 2 is 1.60 bits per heavy atom. The van der Waals surface area contributed by atoms with Crippen LogP contribution in [-0.4, -0.2) is 7.11 Å². The van der Waals surface area contributed by atoms with Gasteiger partial charge in [0, 0.05) is 16.7 Å².